The first-order valence-electron chi connectivity index (χ1n) is 0.894. The molecule has 0 bridgehead atoms. The van der Waals surface area contributed by atoms with Crippen molar-refractivity contribution in [2.24, 2.45) is 0 Å². The molecule has 3 heteroatoms. The molecule has 0 aromatic heterocycles. The Morgan fingerprint density at radius 3 is 1.20 bits per heavy atom. The summed E-state index contributed by atoms with van der Waals surface area (Å²) < 4.78 is 0. The quantitative estimate of drug-likeness (QED) is 0.621. The van der Waals surface area contributed by atoms with E-state index in [1.807, 2.05) is 0 Å². The minimum Gasteiger partial charge on any atom is -0.668 e. The van der Waals surface area contributed by atoms with Gasteiger partial charge in [-0.05, 0) is 0 Å². The van der Waals surface area contributed by atoms with E-state index in [9.17, 15) is 0 Å². The van der Waals surface area contributed by atoms with Gasteiger partial charge >= 0.3 is 0 Å². The van der Waals surface area contributed by atoms with Crippen molar-refractivity contribution in [3.63, 3.8) is 0 Å². The normalized spacial score (nSPS) is 3.60. The molecule has 0 radical (unpaired) electrons. The van der Waals surface area contributed by atoms with Crippen LogP contribution in [0.15, 0.2) is 0 Å². The first kappa shape index (κ1) is 16.8. The maximum atomic E-state index is 3.50. The Hall–Kier alpha value is 0.938. The van der Waals surface area contributed by atoms with Crippen molar-refractivity contribution in [2.75, 3.05) is 14.1 Å². The van der Waals surface area contributed by atoms with E-state index in [0.29, 0.717) is 0 Å². The zero-order valence-corrected chi connectivity index (χ0v) is 7.01. The van der Waals surface area contributed by atoms with E-state index in [1.165, 1.54) is 0 Å². The van der Waals surface area contributed by atoms with Gasteiger partial charge in [-0.15, -0.1) is 12.4 Å². The molecule has 0 aliphatic rings. The summed E-state index contributed by atoms with van der Waals surface area (Å²) in [5.41, 5.74) is 0. The van der Waals surface area contributed by atoms with E-state index in [2.05, 4.69) is 5.32 Å². The molecule has 0 saturated carbocycles. The number of hydrogen-bond acceptors (Lipinski definition) is 0. The second-order valence-electron chi connectivity index (χ2n) is 0.447. The molecule has 0 heterocycles. The van der Waals surface area contributed by atoms with E-state index >= 15 is 0 Å². The predicted molar refractivity (Wildman–Crippen MR) is 22.5 cm³/mol. The van der Waals surface area contributed by atoms with Gasteiger partial charge in [0.25, 0.3) is 0 Å². The van der Waals surface area contributed by atoms with Crippen molar-refractivity contribution in [3.05, 3.63) is 5.32 Å². The average Bonchev–Trinajstić information content (AvgIpc) is 0.918. The van der Waals surface area contributed by atoms with Gasteiger partial charge < -0.3 is 5.32 Å². The molecule has 0 unspecified atom stereocenters. The molecular weight excluding hydrogens is 257 g/mol. The average molecular weight is 264 g/mol. The van der Waals surface area contributed by atoms with Crippen molar-refractivity contribution in [1.29, 1.82) is 0 Å². The summed E-state index contributed by atoms with van der Waals surface area (Å²) in [5.74, 6) is 0. The molecule has 0 N–H and O–H groups in total. The standard InChI is InChI=1S/C2H6N.ClH.W/c1-3-2;;/h1-2H3;1H;/q-1;;. The van der Waals surface area contributed by atoms with Crippen LogP contribution in [0.1, 0.15) is 0 Å². The van der Waals surface area contributed by atoms with Gasteiger partial charge in [-0.25, -0.2) is 0 Å². The van der Waals surface area contributed by atoms with E-state index in [1.54, 1.807) is 14.1 Å². The van der Waals surface area contributed by atoms with Crippen LogP contribution in [-0.2, 0) is 21.1 Å². The topological polar surface area (TPSA) is 14.1 Å². The molecule has 0 aliphatic carbocycles. The first-order valence-corrected chi connectivity index (χ1v) is 0.894. The smallest absolute Gasteiger partial charge is 0 e. The molecule has 0 aliphatic heterocycles. The third-order valence-corrected chi connectivity index (χ3v) is 0. The van der Waals surface area contributed by atoms with Crippen molar-refractivity contribution in [2.45, 2.75) is 0 Å². The number of rotatable bonds is 0. The molecule has 0 fully saturated rings. The number of halogens is 1. The van der Waals surface area contributed by atoms with Crippen LogP contribution in [0.5, 0.6) is 0 Å². The third-order valence-electron chi connectivity index (χ3n) is 0. The summed E-state index contributed by atoms with van der Waals surface area (Å²) in [6.45, 7) is 0. The SMILES string of the molecule is C[N-]C.Cl.[W]. The van der Waals surface area contributed by atoms with Gasteiger partial charge in [0.2, 0.25) is 0 Å². The maximum Gasteiger partial charge on any atom is 0 e. The van der Waals surface area contributed by atoms with Crippen LogP contribution < -0.4 is 0 Å². The van der Waals surface area contributed by atoms with Crippen LogP contribution in [-0.4, -0.2) is 14.1 Å². The number of hydrogen-bond donors (Lipinski definition) is 0. The van der Waals surface area contributed by atoms with Crippen molar-refractivity contribution < 1.29 is 21.1 Å². The van der Waals surface area contributed by atoms with Crippen LogP contribution >= 0.6 is 12.4 Å². The van der Waals surface area contributed by atoms with Crippen LogP contribution in [0.2, 0.25) is 0 Å². The molecule has 0 atom stereocenters. The minimum absolute atomic E-state index is 0. The zero-order valence-electron chi connectivity index (χ0n) is 3.26. The van der Waals surface area contributed by atoms with Crippen molar-refractivity contribution in [1.82, 2.24) is 0 Å². The molecule has 34 valence electrons. The Labute approximate surface area is 53.2 Å². The Balaban J connectivity index is -0.0000000200. The predicted octanol–water partition coefficient (Wildman–Crippen LogP) is 1.04. The maximum absolute atomic E-state index is 3.50. The summed E-state index contributed by atoms with van der Waals surface area (Å²) in [5, 5.41) is 3.50. The molecule has 0 amide bonds. The fourth-order valence-corrected chi connectivity index (χ4v) is 0. The Morgan fingerprint density at radius 1 is 1.20 bits per heavy atom. The monoisotopic (exact) mass is 264 g/mol. The largest absolute Gasteiger partial charge is 0.668 e. The van der Waals surface area contributed by atoms with Crippen LogP contribution in [0.4, 0.5) is 0 Å². The second kappa shape index (κ2) is 20.4. The summed E-state index contributed by atoms with van der Waals surface area (Å²) >= 11 is 0. The Kier molecular flexibility index (Phi) is 68.4. The molecule has 0 aromatic rings. The Bertz CT molecular complexity index is 9.61. The van der Waals surface area contributed by atoms with Crippen molar-refractivity contribution >= 4 is 12.4 Å². The zero-order chi connectivity index (χ0) is 2.71. The Morgan fingerprint density at radius 2 is 1.20 bits per heavy atom. The molecule has 5 heavy (non-hydrogen) atoms. The second-order valence-corrected chi connectivity index (χ2v) is 0.447. The van der Waals surface area contributed by atoms with E-state index in [4.69, 9.17) is 0 Å². The minimum atomic E-state index is 0. The fourth-order valence-electron chi connectivity index (χ4n) is 0. The van der Waals surface area contributed by atoms with Crippen molar-refractivity contribution in [3.8, 4) is 0 Å². The first-order chi connectivity index (χ1) is 1.41. The molecule has 0 saturated heterocycles. The van der Waals surface area contributed by atoms with Crippen LogP contribution in [0, 0.1) is 0 Å². The molecule has 0 spiro atoms. The molecule has 0 rings (SSSR count). The van der Waals surface area contributed by atoms with Crippen LogP contribution in [0.25, 0.3) is 5.32 Å². The summed E-state index contributed by atoms with van der Waals surface area (Å²) in [7, 11) is 3.50. The molecular formula is C2H7ClNW-. The summed E-state index contributed by atoms with van der Waals surface area (Å²) in [6, 6.07) is 0. The van der Waals surface area contributed by atoms with Gasteiger partial charge in [-0.1, -0.05) is 0 Å². The van der Waals surface area contributed by atoms with Gasteiger partial charge in [0.15, 0.2) is 0 Å². The fraction of sp³-hybridized carbons (Fsp3) is 1.00. The van der Waals surface area contributed by atoms with E-state index < -0.39 is 0 Å². The summed E-state index contributed by atoms with van der Waals surface area (Å²) in [6.07, 6.45) is 0. The molecule has 1 nitrogen and oxygen atoms in total. The third kappa shape index (κ3) is 48.4. The van der Waals surface area contributed by atoms with E-state index in [-0.39, 0.29) is 33.5 Å². The summed E-state index contributed by atoms with van der Waals surface area (Å²) in [4.78, 5) is 0. The van der Waals surface area contributed by atoms with Gasteiger partial charge in [0.05, 0.1) is 0 Å². The molecule has 0 aromatic carbocycles. The number of nitrogens with zero attached hydrogens (tertiary/aromatic N) is 1. The van der Waals surface area contributed by atoms with Gasteiger partial charge in [0, 0.05) is 21.1 Å². The van der Waals surface area contributed by atoms with Gasteiger partial charge in [-0.3, -0.25) is 0 Å². The van der Waals surface area contributed by atoms with Gasteiger partial charge in [-0.2, -0.15) is 14.1 Å². The van der Waals surface area contributed by atoms with Gasteiger partial charge in [0.1, 0.15) is 0 Å². The van der Waals surface area contributed by atoms with E-state index in [0.717, 1.165) is 0 Å². The van der Waals surface area contributed by atoms with Crippen LogP contribution in [0.3, 0.4) is 0 Å².